The van der Waals surface area contributed by atoms with Crippen molar-refractivity contribution < 1.29 is 29.0 Å². The Morgan fingerprint density at radius 2 is 1.93 bits per heavy atom. The molecule has 7 nitrogen and oxygen atoms in total. The molecule has 0 amide bonds. The molecule has 1 heterocycles. The number of hydrogen-bond donors (Lipinski definition) is 0. The van der Waals surface area contributed by atoms with Crippen molar-refractivity contribution in [3.63, 3.8) is 0 Å². The average molecular weight is 412 g/mol. The first kappa shape index (κ1) is 21.7. The Labute approximate surface area is 175 Å². The molecule has 0 saturated carbocycles. The Morgan fingerprint density at radius 1 is 1.23 bits per heavy atom. The highest BCUT2D eigenvalue weighted by Crippen LogP contribution is 2.49. The van der Waals surface area contributed by atoms with Crippen molar-refractivity contribution in [2.75, 3.05) is 13.2 Å². The van der Waals surface area contributed by atoms with Gasteiger partial charge in [0.05, 0.1) is 12.6 Å². The summed E-state index contributed by atoms with van der Waals surface area (Å²) >= 11 is 0. The smallest absolute Gasteiger partial charge is 0.315 e. The number of para-hydroxylation sites is 1. The molecule has 0 radical (unpaired) electrons. The fourth-order valence-corrected chi connectivity index (χ4v) is 4.32. The van der Waals surface area contributed by atoms with Crippen LogP contribution in [-0.4, -0.2) is 36.6 Å². The van der Waals surface area contributed by atoms with E-state index >= 15 is 0 Å². The molecule has 7 heteroatoms. The van der Waals surface area contributed by atoms with Crippen LogP contribution in [0.15, 0.2) is 40.5 Å². The summed E-state index contributed by atoms with van der Waals surface area (Å²) in [6.45, 7) is 7.08. The van der Waals surface area contributed by atoms with Crippen LogP contribution in [0.3, 0.4) is 0 Å². The molecular formula is C23H26NO6-. The van der Waals surface area contributed by atoms with Crippen LogP contribution in [-0.2, 0) is 19.1 Å². The van der Waals surface area contributed by atoms with Crippen LogP contribution in [0.1, 0.15) is 52.0 Å². The van der Waals surface area contributed by atoms with E-state index in [9.17, 15) is 19.5 Å². The number of esters is 1. The first-order chi connectivity index (χ1) is 14.1. The maximum Gasteiger partial charge on any atom is 0.315 e. The van der Waals surface area contributed by atoms with Crippen LogP contribution in [0.25, 0.3) is 0 Å². The molecule has 1 aromatic rings. The van der Waals surface area contributed by atoms with Gasteiger partial charge in [0.2, 0.25) is 0 Å². The summed E-state index contributed by atoms with van der Waals surface area (Å²) in [5.74, 6) is -3.04. The van der Waals surface area contributed by atoms with Crippen molar-refractivity contribution in [3.05, 3.63) is 41.1 Å². The predicted octanol–water partition coefficient (Wildman–Crippen LogP) is 2.20. The molecule has 160 valence electrons. The van der Waals surface area contributed by atoms with Crippen molar-refractivity contribution in [1.29, 1.82) is 0 Å². The maximum atomic E-state index is 13.2. The fraction of sp³-hybridized carbons (Fsp3) is 0.478. The molecule has 0 spiro atoms. The second-order valence-corrected chi connectivity index (χ2v) is 8.46. The number of rotatable bonds is 6. The van der Waals surface area contributed by atoms with E-state index in [1.807, 2.05) is 13.8 Å². The Morgan fingerprint density at radius 3 is 2.60 bits per heavy atom. The van der Waals surface area contributed by atoms with Gasteiger partial charge >= 0.3 is 5.97 Å². The molecule has 0 saturated heterocycles. The fourth-order valence-electron chi connectivity index (χ4n) is 4.32. The monoisotopic (exact) mass is 412 g/mol. The number of aliphatic imine (C=N–C) groups is 1. The summed E-state index contributed by atoms with van der Waals surface area (Å²) in [6.07, 6.45) is 0.952. The van der Waals surface area contributed by atoms with Crippen molar-refractivity contribution in [1.82, 2.24) is 0 Å². The number of allylic oxidation sites excluding steroid dienone is 2. The summed E-state index contributed by atoms with van der Waals surface area (Å²) < 4.78 is 10.7. The largest absolute Gasteiger partial charge is 0.546 e. The summed E-state index contributed by atoms with van der Waals surface area (Å²) in [5, 5.41) is 10.9. The maximum absolute atomic E-state index is 13.2. The molecule has 1 aromatic carbocycles. The number of aliphatic carboxylic acids is 1. The Balaban J connectivity index is 2.17. The Kier molecular flexibility index (Phi) is 6.10. The Hall–Kier alpha value is -2.96. The lowest BCUT2D eigenvalue weighted by Gasteiger charge is -2.39. The minimum absolute atomic E-state index is 0.0634. The number of nitrogens with zero attached hydrogens (tertiary/aromatic N) is 1. The van der Waals surface area contributed by atoms with Gasteiger partial charge in [-0.05, 0) is 31.7 Å². The zero-order valence-electron chi connectivity index (χ0n) is 17.7. The van der Waals surface area contributed by atoms with Crippen molar-refractivity contribution in [2.24, 2.45) is 16.3 Å². The van der Waals surface area contributed by atoms with Gasteiger partial charge in [0, 0.05) is 34.9 Å². The number of carboxylic acids is 1. The second kappa shape index (κ2) is 8.42. The van der Waals surface area contributed by atoms with Gasteiger partial charge in [0.25, 0.3) is 0 Å². The van der Waals surface area contributed by atoms with Gasteiger partial charge < -0.3 is 19.4 Å². The number of carbonyl (C=O) groups excluding carboxylic acids is 3. The lowest BCUT2D eigenvalue weighted by Crippen LogP contribution is -2.39. The zero-order chi connectivity index (χ0) is 22.1. The molecule has 0 aromatic heterocycles. The predicted molar refractivity (Wildman–Crippen MR) is 108 cm³/mol. The molecule has 3 rings (SSSR count). The molecule has 0 bridgehead atoms. The molecule has 0 fully saturated rings. The van der Waals surface area contributed by atoms with Crippen molar-refractivity contribution in [3.8, 4) is 5.75 Å². The normalized spacial score (nSPS) is 22.8. The standard InChI is InChI=1S/C23H27NO6/c1-5-29-22(28)19-13(2)24-15-10-23(3,4)11-16(25)21(15)20(19)14-8-6-7-9-17(14)30-12-18(26)27/h6-9,19-20H,5,10-12H2,1-4H3,(H,26,27)/p-1/t19?,20-/m1/s1. The van der Waals surface area contributed by atoms with E-state index in [4.69, 9.17) is 9.47 Å². The number of Topliss-reactive ketones (excluding diaryl/α,β-unsaturated/α-hetero) is 1. The first-order valence-corrected chi connectivity index (χ1v) is 10.0. The van der Waals surface area contributed by atoms with Crippen LogP contribution < -0.4 is 9.84 Å². The summed E-state index contributed by atoms with van der Waals surface area (Å²) in [6, 6.07) is 6.84. The SMILES string of the molecule is CCOC(=O)C1C(C)=NC2=C(C(=O)CC(C)(C)C2)[C@@H]1c1ccccc1OCC(=O)[O-]. The third-order valence-electron chi connectivity index (χ3n) is 5.44. The molecule has 0 N–H and O–H groups in total. The molecule has 2 atom stereocenters. The number of ketones is 1. The quantitative estimate of drug-likeness (QED) is 0.663. The van der Waals surface area contributed by atoms with Gasteiger partial charge in [-0.3, -0.25) is 14.6 Å². The molecule has 1 aliphatic heterocycles. The highest BCUT2D eigenvalue weighted by molar-refractivity contribution is 6.09. The minimum atomic E-state index is -1.36. The van der Waals surface area contributed by atoms with E-state index in [2.05, 4.69) is 4.99 Å². The summed E-state index contributed by atoms with van der Waals surface area (Å²) in [5.41, 5.74) is 2.06. The van der Waals surface area contributed by atoms with Gasteiger partial charge in [-0.15, -0.1) is 0 Å². The molecule has 1 aliphatic carbocycles. The highest BCUT2D eigenvalue weighted by atomic mass is 16.5. The second-order valence-electron chi connectivity index (χ2n) is 8.46. The topological polar surface area (TPSA) is 105 Å². The number of benzene rings is 1. The number of ether oxygens (including phenoxy) is 2. The highest BCUT2D eigenvalue weighted by Gasteiger charge is 2.46. The molecular weight excluding hydrogens is 386 g/mol. The zero-order valence-corrected chi connectivity index (χ0v) is 17.7. The van der Waals surface area contributed by atoms with E-state index in [-0.39, 0.29) is 17.8 Å². The first-order valence-electron chi connectivity index (χ1n) is 10.0. The van der Waals surface area contributed by atoms with Crippen LogP contribution in [0.4, 0.5) is 0 Å². The van der Waals surface area contributed by atoms with Gasteiger partial charge in [-0.2, -0.15) is 0 Å². The summed E-state index contributed by atoms with van der Waals surface area (Å²) in [7, 11) is 0. The summed E-state index contributed by atoms with van der Waals surface area (Å²) in [4.78, 5) is 41.7. The van der Waals surface area contributed by atoms with E-state index in [0.717, 1.165) is 0 Å². The lowest BCUT2D eigenvalue weighted by molar-refractivity contribution is -0.307. The Bertz CT molecular complexity index is 943. The van der Waals surface area contributed by atoms with Crippen LogP contribution in [0.5, 0.6) is 5.75 Å². The van der Waals surface area contributed by atoms with Gasteiger partial charge in [-0.1, -0.05) is 32.0 Å². The van der Waals surface area contributed by atoms with E-state index in [1.165, 1.54) is 0 Å². The minimum Gasteiger partial charge on any atom is -0.546 e. The third-order valence-corrected chi connectivity index (χ3v) is 5.44. The van der Waals surface area contributed by atoms with Gasteiger partial charge in [-0.25, -0.2) is 0 Å². The molecule has 2 aliphatic rings. The third kappa shape index (κ3) is 4.30. The molecule has 30 heavy (non-hydrogen) atoms. The molecule has 1 unspecified atom stereocenters. The number of carboxylic acid groups (broad SMARTS) is 1. The van der Waals surface area contributed by atoms with Crippen LogP contribution in [0.2, 0.25) is 0 Å². The number of carbonyl (C=O) groups is 3. The van der Waals surface area contributed by atoms with Crippen molar-refractivity contribution in [2.45, 2.75) is 46.5 Å². The van der Waals surface area contributed by atoms with Crippen LogP contribution in [0, 0.1) is 11.3 Å². The van der Waals surface area contributed by atoms with Crippen molar-refractivity contribution >= 4 is 23.4 Å². The average Bonchev–Trinajstić information content (AvgIpc) is 2.64. The van der Waals surface area contributed by atoms with E-state index in [0.29, 0.717) is 41.1 Å². The lowest BCUT2D eigenvalue weighted by atomic mass is 9.66. The number of hydrogen-bond acceptors (Lipinski definition) is 7. The van der Waals surface area contributed by atoms with Crippen LogP contribution >= 0.6 is 0 Å². The van der Waals surface area contributed by atoms with Gasteiger partial charge in [0.15, 0.2) is 5.78 Å². The van der Waals surface area contributed by atoms with E-state index in [1.54, 1.807) is 38.1 Å². The van der Waals surface area contributed by atoms with Gasteiger partial charge in [0.1, 0.15) is 18.3 Å². The van der Waals surface area contributed by atoms with E-state index < -0.39 is 30.4 Å².